The summed E-state index contributed by atoms with van der Waals surface area (Å²) >= 11 is 0. The molecule has 1 heterocycles. The van der Waals surface area contributed by atoms with E-state index >= 15 is 0 Å². The zero-order chi connectivity index (χ0) is 14.5. The molecule has 0 aromatic heterocycles. The van der Waals surface area contributed by atoms with Crippen molar-refractivity contribution < 1.29 is 9.72 Å². The van der Waals surface area contributed by atoms with E-state index in [1.54, 1.807) is 19.1 Å². The lowest BCUT2D eigenvalue weighted by Crippen LogP contribution is -2.33. The molecule has 108 valence electrons. The average Bonchev–Trinajstić information content (AvgIpc) is 2.65. The van der Waals surface area contributed by atoms with Crippen molar-refractivity contribution in [3.63, 3.8) is 0 Å². The Kier molecular flexibility index (Phi) is 4.68. The summed E-state index contributed by atoms with van der Waals surface area (Å²) in [6.07, 6.45) is 0.903. The van der Waals surface area contributed by atoms with Crippen LogP contribution in [0.5, 0.6) is 0 Å². The topological polar surface area (TPSA) is 66.7 Å². The fraction of sp³-hybridized carbons (Fsp3) is 0.500. The van der Waals surface area contributed by atoms with E-state index in [1.165, 1.54) is 6.07 Å². The van der Waals surface area contributed by atoms with Gasteiger partial charge in [-0.1, -0.05) is 18.2 Å². The van der Waals surface area contributed by atoms with Crippen LogP contribution in [0.15, 0.2) is 24.3 Å². The molecule has 6 nitrogen and oxygen atoms in total. The van der Waals surface area contributed by atoms with Crippen molar-refractivity contribution in [2.75, 3.05) is 26.2 Å². The number of para-hydroxylation sites is 1. The van der Waals surface area contributed by atoms with Gasteiger partial charge in [-0.05, 0) is 6.42 Å². The first-order valence-corrected chi connectivity index (χ1v) is 6.78. The Morgan fingerprint density at radius 3 is 2.70 bits per heavy atom. The van der Waals surface area contributed by atoms with Crippen LogP contribution in [0.1, 0.15) is 18.9 Å². The number of amides is 1. The number of rotatable bonds is 3. The quantitative estimate of drug-likeness (QED) is 0.622. The summed E-state index contributed by atoms with van der Waals surface area (Å²) in [5.74, 6) is 0.0949. The van der Waals surface area contributed by atoms with E-state index < -0.39 is 0 Å². The summed E-state index contributed by atoms with van der Waals surface area (Å²) in [6.45, 7) is 5.21. The fourth-order valence-electron chi connectivity index (χ4n) is 2.51. The average molecular weight is 277 g/mol. The summed E-state index contributed by atoms with van der Waals surface area (Å²) in [7, 11) is 0. The molecule has 0 radical (unpaired) electrons. The molecule has 1 aliphatic rings. The standard InChI is InChI=1S/C14H19N3O3/c1-12(18)16-8-4-7-15(9-10-16)11-13-5-2-3-6-14(13)17(19)20/h2-3,5-6H,4,7-11H2,1H3. The van der Waals surface area contributed by atoms with Crippen molar-refractivity contribution >= 4 is 11.6 Å². The van der Waals surface area contributed by atoms with E-state index in [1.807, 2.05) is 11.0 Å². The van der Waals surface area contributed by atoms with Crippen LogP contribution in [-0.2, 0) is 11.3 Å². The van der Waals surface area contributed by atoms with Crippen LogP contribution in [0, 0.1) is 10.1 Å². The Morgan fingerprint density at radius 1 is 1.25 bits per heavy atom. The van der Waals surface area contributed by atoms with Crippen molar-refractivity contribution in [1.82, 2.24) is 9.80 Å². The summed E-state index contributed by atoms with van der Waals surface area (Å²) in [5, 5.41) is 11.0. The number of hydrogen-bond acceptors (Lipinski definition) is 4. The third-order valence-corrected chi connectivity index (χ3v) is 3.62. The predicted molar refractivity (Wildman–Crippen MR) is 75.2 cm³/mol. The number of nitrogens with zero attached hydrogens (tertiary/aromatic N) is 3. The Balaban J connectivity index is 2.04. The first kappa shape index (κ1) is 14.5. The summed E-state index contributed by atoms with van der Waals surface area (Å²) in [4.78, 5) is 26.1. The van der Waals surface area contributed by atoms with Crippen molar-refractivity contribution in [2.45, 2.75) is 19.9 Å². The highest BCUT2D eigenvalue weighted by molar-refractivity contribution is 5.73. The van der Waals surface area contributed by atoms with E-state index in [9.17, 15) is 14.9 Å². The van der Waals surface area contributed by atoms with Gasteiger partial charge >= 0.3 is 0 Å². The molecule has 0 saturated carbocycles. The molecule has 1 saturated heterocycles. The first-order chi connectivity index (χ1) is 9.58. The minimum absolute atomic E-state index is 0.0949. The summed E-state index contributed by atoms with van der Waals surface area (Å²) in [6, 6.07) is 6.84. The van der Waals surface area contributed by atoms with Crippen LogP contribution >= 0.6 is 0 Å². The van der Waals surface area contributed by atoms with Gasteiger partial charge in [0.2, 0.25) is 5.91 Å². The molecule has 0 bridgehead atoms. The molecule has 0 N–H and O–H groups in total. The monoisotopic (exact) mass is 277 g/mol. The minimum atomic E-state index is -0.338. The molecular weight excluding hydrogens is 258 g/mol. The second-order valence-electron chi connectivity index (χ2n) is 5.02. The van der Waals surface area contributed by atoms with Gasteiger partial charge in [0.1, 0.15) is 0 Å². The van der Waals surface area contributed by atoms with Crippen molar-refractivity contribution in [1.29, 1.82) is 0 Å². The molecule has 0 aliphatic carbocycles. The molecular formula is C14H19N3O3. The van der Waals surface area contributed by atoms with Crippen LogP contribution in [-0.4, -0.2) is 46.8 Å². The van der Waals surface area contributed by atoms with Gasteiger partial charge < -0.3 is 4.90 Å². The fourth-order valence-corrected chi connectivity index (χ4v) is 2.51. The van der Waals surface area contributed by atoms with E-state index in [4.69, 9.17) is 0 Å². The number of carbonyl (C=O) groups excluding carboxylic acids is 1. The summed E-state index contributed by atoms with van der Waals surface area (Å²) in [5.41, 5.74) is 0.897. The van der Waals surface area contributed by atoms with E-state index in [0.717, 1.165) is 31.6 Å². The van der Waals surface area contributed by atoms with Gasteiger partial charge in [0.15, 0.2) is 0 Å². The lowest BCUT2D eigenvalue weighted by atomic mass is 10.1. The Labute approximate surface area is 118 Å². The maximum absolute atomic E-state index is 11.4. The van der Waals surface area contributed by atoms with Crippen LogP contribution in [0.3, 0.4) is 0 Å². The van der Waals surface area contributed by atoms with Gasteiger partial charge in [0.05, 0.1) is 4.92 Å². The SMILES string of the molecule is CC(=O)N1CCCN(Cc2ccccc2[N+](=O)[O-])CC1. The van der Waals surface area contributed by atoms with Crippen LogP contribution in [0.2, 0.25) is 0 Å². The smallest absolute Gasteiger partial charge is 0.273 e. The number of nitro groups is 1. The predicted octanol–water partition coefficient (Wildman–Crippen LogP) is 1.65. The number of nitro benzene ring substituents is 1. The lowest BCUT2D eigenvalue weighted by molar-refractivity contribution is -0.385. The molecule has 1 fully saturated rings. The third-order valence-electron chi connectivity index (χ3n) is 3.62. The van der Waals surface area contributed by atoms with Crippen LogP contribution in [0.4, 0.5) is 5.69 Å². The highest BCUT2D eigenvalue weighted by atomic mass is 16.6. The van der Waals surface area contributed by atoms with Gasteiger partial charge in [0.25, 0.3) is 5.69 Å². The molecule has 2 rings (SSSR count). The highest BCUT2D eigenvalue weighted by Gasteiger charge is 2.19. The van der Waals surface area contributed by atoms with Gasteiger partial charge in [-0.3, -0.25) is 19.8 Å². The number of carbonyl (C=O) groups is 1. The van der Waals surface area contributed by atoms with E-state index in [0.29, 0.717) is 13.1 Å². The first-order valence-electron chi connectivity index (χ1n) is 6.78. The number of benzene rings is 1. The van der Waals surface area contributed by atoms with Gasteiger partial charge in [-0.15, -0.1) is 0 Å². The van der Waals surface area contributed by atoms with Gasteiger partial charge in [-0.2, -0.15) is 0 Å². The van der Waals surface area contributed by atoms with Crippen LogP contribution < -0.4 is 0 Å². The molecule has 1 aliphatic heterocycles. The van der Waals surface area contributed by atoms with Crippen LogP contribution in [0.25, 0.3) is 0 Å². The normalized spacial score (nSPS) is 16.8. The second kappa shape index (κ2) is 6.47. The molecule has 0 atom stereocenters. The van der Waals surface area contributed by atoms with Gasteiger partial charge in [-0.25, -0.2) is 0 Å². The lowest BCUT2D eigenvalue weighted by Gasteiger charge is -2.21. The zero-order valence-corrected chi connectivity index (χ0v) is 11.6. The molecule has 1 amide bonds. The largest absolute Gasteiger partial charge is 0.342 e. The maximum atomic E-state index is 11.4. The summed E-state index contributed by atoms with van der Waals surface area (Å²) < 4.78 is 0. The molecule has 1 aromatic rings. The van der Waals surface area contributed by atoms with E-state index in [2.05, 4.69) is 4.90 Å². The third kappa shape index (κ3) is 3.54. The zero-order valence-electron chi connectivity index (χ0n) is 11.6. The Hall–Kier alpha value is -1.95. The van der Waals surface area contributed by atoms with E-state index in [-0.39, 0.29) is 16.5 Å². The molecule has 0 spiro atoms. The highest BCUT2D eigenvalue weighted by Crippen LogP contribution is 2.20. The van der Waals surface area contributed by atoms with Crippen molar-refractivity contribution in [3.05, 3.63) is 39.9 Å². The van der Waals surface area contributed by atoms with Crippen molar-refractivity contribution in [2.24, 2.45) is 0 Å². The molecule has 1 aromatic carbocycles. The molecule has 0 unspecified atom stereocenters. The molecule has 20 heavy (non-hydrogen) atoms. The minimum Gasteiger partial charge on any atom is -0.342 e. The molecule has 6 heteroatoms. The van der Waals surface area contributed by atoms with Gasteiger partial charge in [0, 0.05) is 51.3 Å². The Morgan fingerprint density at radius 2 is 2.00 bits per heavy atom. The maximum Gasteiger partial charge on any atom is 0.273 e. The van der Waals surface area contributed by atoms with Crippen molar-refractivity contribution in [3.8, 4) is 0 Å². The Bertz CT molecular complexity index is 504. The number of hydrogen-bond donors (Lipinski definition) is 0. The second-order valence-corrected chi connectivity index (χ2v) is 5.02.